The van der Waals surface area contributed by atoms with Crippen LogP contribution in [-0.4, -0.2) is 18.0 Å². The second-order valence-corrected chi connectivity index (χ2v) is 5.89. The fraction of sp³-hybridized carbons (Fsp3) is 0.562. The summed E-state index contributed by atoms with van der Waals surface area (Å²) in [5.74, 6) is -0.474. The van der Waals surface area contributed by atoms with Gasteiger partial charge in [0.25, 0.3) is 0 Å². The molecule has 0 atom stereocenters. The lowest BCUT2D eigenvalue weighted by atomic mass is 9.83. The summed E-state index contributed by atoms with van der Waals surface area (Å²) in [6.07, 6.45) is 1.59. The molecule has 0 aromatic heterocycles. The normalized spacial score (nSPS) is 12.3. The largest absolute Gasteiger partial charge is 0.354 e. The average Bonchev–Trinajstić information content (AvgIpc) is 2.44. The van der Waals surface area contributed by atoms with E-state index in [2.05, 4.69) is 5.32 Å². The zero-order valence-electron chi connectivity index (χ0n) is 12.8. The molecule has 1 rings (SSSR count). The Hall–Kier alpha value is -1.42. The number of carbonyl (C=O) groups is 1. The van der Waals surface area contributed by atoms with Gasteiger partial charge in [-0.1, -0.05) is 26.0 Å². The van der Waals surface area contributed by atoms with Crippen molar-refractivity contribution in [3.8, 4) is 0 Å². The summed E-state index contributed by atoms with van der Waals surface area (Å²) in [7, 11) is 0. The number of nitrogens with one attached hydrogen (secondary N) is 1. The van der Waals surface area contributed by atoms with Crippen LogP contribution in [0.1, 0.15) is 46.1 Å². The number of halogens is 1. The Balaban J connectivity index is 2.80. The van der Waals surface area contributed by atoms with Crippen molar-refractivity contribution in [2.75, 3.05) is 6.54 Å². The van der Waals surface area contributed by atoms with Crippen molar-refractivity contribution >= 4 is 5.91 Å². The minimum atomic E-state index is -0.787. The third-order valence-electron chi connectivity index (χ3n) is 4.12. The van der Waals surface area contributed by atoms with Gasteiger partial charge in [-0.3, -0.25) is 4.79 Å². The van der Waals surface area contributed by atoms with Crippen LogP contribution < -0.4 is 11.1 Å². The second kappa shape index (κ2) is 6.35. The Morgan fingerprint density at radius 1 is 1.30 bits per heavy atom. The number of hydrogen-bond acceptors (Lipinski definition) is 2. The SMILES string of the molecule is CCC(N)(CC)CNC(=O)C(C)(C)c1cccc(F)c1. The van der Waals surface area contributed by atoms with Crippen LogP contribution in [0, 0.1) is 5.82 Å². The van der Waals surface area contributed by atoms with Crippen LogP contribution >= 0.6 is 0 Å². The van der Waals surface area contributed by atoms with Gasteiger partial charge in [0.2, 0.25) is 5.91 Å². The van der Waals surface area contributed by atoms with Gasteiger partial charge in [0.05, 0.1) is 5.41 Å². The van der Waals surface area contributed by atoms with Gasteiger partial charge in [-0.15, -0.1) is 0 Å². The molecule has 0 fully saturated rings. The van der Waals surface area contributed by atoms with Crippen molar-refractivity contribution in [1.29, 1.82) is 0 Å². The Morgan fingerprint density at radius 2 is 1.90 bits per heavy atom. The van der Waals surface area contributed by atoms with Crippen LogP contribution in [0.15, 0.2) is 24.3 Å². The highest BCUT2D eigenvalue weighted by Crippen LogP contribution is 2.24. The van der Waals surface area contributed by atoms with Crippen molar-refractivity contribution in [2.45, 2.75) is 51.5 Å². The molecule has 0 unspecified atom stereocenters. The minimum absolute atomic E-state index is 0.139. The predicted octanol–water partition coefficient (Wildman–Crippen LogP) is 2.74. The van der Waals surface area contributed by atoms with E-state index in [0.717, 1.165) is 12.8 Å². The molecule has 0 radical (unpaired) electrons. The number of hydrogen-bond donors (Lipinski definition) is 2. The Bertz CT molecular complexity index is 467. The lowest BCUT2D eigenvalue weighted by Crippen LogP contribution is -2.52. The van der Waals surface area contributed by atoms with Crippen LogP contribution in [-0.2, 0) is 10.2 Å². The van der Waals surface area contributed by atoms with Gasteiger partial charge < -0.3 is 11.1 Å². The third-order valence-corrected chi connectivity index (χ3v) is 4.12. The predicted molar refractivity (Wildman–Crippen MR) is 79.9 cm³/mol. The lowest BCUT2D eigenvalue weighted by Gasteiger charge is -2.30. The van der Waals surface area contributed by atoms with Gasteiger partial charge in [-0.05, 0) is 44.4 Å². The number of amides is 1. The second-order valence-electron chi connectivity index (χ2n) is 5.89. The van der Waals surface area contributed by atoms with E-state index in [1.165, 1.54) is 12.1 Å². The van der Waals surface area contributed by atoms with Crippen LogP contribution in [0.25, 0.3) is 0 Å². The Labute approximate surface area is 120 Å². The molecule has 1 amide bonds. The maximum atomic E-state index is 13.3. The molecule has 0 aliphatic carbocycles. The van der Waals surface area contributed by atoms with Gasteiger partial charge >= 0.3 is 0 Å². The van der Waals surface area contributed by atoms with Crippen LogP contribution in [0.4, 0.5) is 4.39 Å². The number of carbonyl (C=O) groups excluding carboxylic acids is 1. The molecule has 0 bridgehead atoms. The summed E-state index contributed by atoms with van der Waals surface area (Å²) in [4.78, 5) is 12.4. The minimum Gasteiger partial charge on any atom is -0.354 e. The van der Waals surface area contributed by atoms with Gasteiger partial charge in [-0.2, -0.15) is 0 Å². The highest BCUT2D eigenvalue weighted by Gasteiger charge is 2.31. The molecule has 4 heteroatoms. The molecule has 0 saturated carbocycles. The van der Waals surface area contributed by atoms with Gasteiger partial charge in [-0.25, -0.2) is 4.39 Å². The van der Waals surface area contributed by atoms with Gasteiger partial charge in [0.1, 0.15) is 5.82 Å². The van der Waals surface area contributed by atoms with E-state index in [1.807, 2.05) is 13.8 Å². The first-order valence-electron chi connectivity index (χ1n) is 7.08. The standard InChI is InChI=1S/C16H25FN2O/c1-5-16(18,6-2)11-19-14(20)15(3,4)12-8-7-9-13(17)10-12/h7-10H,5-6,11,18H2,1-4H3,(H,19,20). The summed E-state index contributed by atoms with van der Waals surface area (Å²) >= 11 is 0. The number of rotatable bonds is 6. The summed E-state index contributed by atoms with van der Waals surface area (Å²) in [5, 5.41) is 2.90. The Kier molecular flexibility index (Phi) is 5.28. The van der Waals surface area contributed by atoms with E-state index < -0.39 is 5.41 Å². The average molecular weight is 280 g/mol. The zero-order valence-corrected chi connectivity index (χ0v) is 12.8. The summed E-state index contributed by atoms with van der Waals surface area (Å²) < 4.78 is 13.3. The maximum absolute atomic E-state index is 13.3. The summed E-state index contributed by atoms with van der Waals surface area (Å²) in [6.45, 7) is 8.01. The molecule has 112 valence electrons. The smallest absolute Gasteiger partial charge is 0.230 e. The Morgan fingerprint density at radius 3 is 2.40 bits per heavy atom. The fourth-order valence-electron chi connectivity index (χ4n) is 1.99. The van der Waals surface area contributed by atoms with Crippen molar-refractivity contribution in [3.05, 3.63) is 35.6 Å². The van der Waals surface area contributed by atoms with Crippen LogP contribution in [0.5, 0.6) is 0 Å². The highest BCUT2D eigenvalue weighted by atomic mass is 19.1. The van der Waals surface area contributed by atoms with Crippen LogP contribution in [0.3, 0.4) is 0 Å². The quantitative estimate of drug-likeness (QED) is 0.842. The highest BCUT2D eigenvalue weighted by molar-refractivity contribution is 5.87. The fourth-order valence-corrected chi connectivity index (χ4v) is 1.99. The number of benzene rings is 1. The molecule has 0 spiro atoms. The van der Waals surface area contributed by atoms with E-state index in [9.17, 15) is 9.18 Å². The van der Waals surface area contributed by atoms with Crippen molar-refractivity contribution in [1.82, 2.24) is 5.32 Å². The third kappa shape index (κ3) is 3.79. The molecule has 0 aliphatic rings. The van der Waals surface area contributed by atoms with E-state index in [0.29, 0.717) is 12.1 Å². The molecule has 20 heavy (non-hydrogen) atoms. The molecule has 0 saturated heterocycles. The monoisotopic (exact) mass is 280 g/mol. The topological polar surface area (TPSA) is 55.1 Å². The molecule has 0 heterocycles. The van der Waals surface area contributed by atoms with Gasteiger partial charge in [0.15, 0.2) is 0 Å². The van der Waals surface area contributed by atoms with E-state index in [1.54, 1.807) is 26.0 Å². The molecule has 1 aromatic carbocycles. The van der Waals surface area contributed by atoms with Crippen molar-refractivity contribution in [2.24, 2.45) is 5.73 Å². The first-order valence-corrected chi connectivity index (χ1v) is 7.08. The van der Waals surface area contributed by atoms with E-state index >= 15 is 0 Å². The molecule has 0 aliphatic heterocycles. The van der Waals surface area contributed by atoms with Gasteiger partial charge in [0, 0.05) is 12.1 Å². The van der Waals surface area contributed by atoms with Crippen LogP contribution in [0.2, 0.25) is 0 Å². The van der Waals surface area contributed by atoms with E-state index in [4.69, 9.17) is 5.73 Å². The molecule has 3 nitrogen and oxygen atoms in total. The van der Waals surface area contributed by atoms with E-state index in [-0.39, 0.29) is 17.3 Å². The lowest BCUT2D eigenvalue weighted by molar-refractivity contribution is -0.125. The molecular formula is C16H25FN2O. The zero-order chi connectivity index (χ0) is 15.4. The molecule has 3 N–H and O–H groups in total. The maximum Gasteiger partial charge on any atom is 0.230 e. The number of nitrogens with two attached hydrogens (primary N) is 1. The van der Waals surface area contributed by atoms with Crippen molar-refractivity contribution < 1.29 is 9.18 Å². The first-order chi connectivity index (χ1) is 9.25. The molecular weight excluding hydrogens is 255 g/mol. The summed E-state index contributed by atoms with van der Waals surface area (Å²) in [5.41, 5.74) is 5.67. The van der Waals surface area contributed by atoms with Crippen molar-refractivity contribution in [3.63, 3.8) is 0 Å². The first kappa shape index (κ1) is 16.6. The molecule has 1 aromatic rings. The summed E-state index contributed by atoms with van der Waals surface area (Å²) in [6, 6.07) is 6.15.